The molecule has 8 aromatic rings. The van der Waals surface area contributed by atoms with Gasteiger partial charge in [-0.1, -0.05) is 86.8 Å². The van der Waals surface area contributed by atoms with Crippen molar-refractivity contribution in [3.63, 3.8) is 0 Å². The fraction of sp³-hybridized carbons (Fsp3) is 0.413. The summed E-state index contributed by atoms with van der Waals surface area (Å²) < 4.78 is 224. The lowest BCUT2D eigenvalue weighted by Gasteiger charge is -2.14. The molecule has 0 aliphatic carbocycles. The summed E-state index contributed by atoms with van der Waals surface area (Å²) in [5, 5.41) is 0. The van der Waals surface area contributed by atoms with E-state index in [2.05, 4.69) is 0 Å². The summed E-state index contributed by atoms with van der Waals surface area (Å²) in [4.78, 5) is 0. The van der Waals surface area contributed by atoms with E-state index >= 15 is 0 Å². The number of hydrogen-bond acceptors (Lipinski definition) is 0. The fourth-order valence-corrected chi connectivity index (χ4v) is 9.39. The van der Waals surface area contributed by atoms with Gasteiger partial charge in [0.2, 0.25) is 22.8 Å². The van der Waals surface area contributed by atoms with E-state index in [0.717, 1.165) is 72.8 Å². The van der Waals surface area contributed by atoms with Crippen molar-refractivity contribution < 1.29 is 56.6 Å². The zero-order chi connectivity index (χ0) is 82.0. The van der Waals surface area contributed by atoms with Gasteiger partial charge in [-0.05, 0) is 234 Å². The van der Waals surface area contributed by atoms with Crippen LogP contribution in [0, 0.1) is 96.6 Å². The van der Waals surface area contributed by atoms with Crippen LogP contribution in [-0.2, 0) is 28.2 Å². The normalized spacial score (nSPS) is 20.5. The number of benzene rings is 4. The molecule has 0 saturated heterocycles. The molecule has 4 heterocycles. The molecule has 0 aliphatic heterocycles. The number of aryl methyl sites for hydroxylation is 18. The van der Waals surface area contributed by atoms with E-state index in [-0.39, 0.29) is 7.43 Å². The molecule has 0 amide bonds. The molecule has 4 heteroatoms. The Morgan fingerprint density at radius 2 is 0.671 bits per heavy atom. The molecule has 4 atom stereocenters. The number of aromatic nitrogens is 4. The van der Waals surface area contributed by atoms with E-state index < -0.39 is 78.4 Å². The highest BCUT2D eigenvalue weighted by Crippen LogP contribution is 2.32. The van der Waals surface area contributed by atoms with Gasteiger partial charge in [-0.2, -0.15) is 0 Å². The van der Waals surface area contributed by atoms with Crippen LogP contribution in [-0.4, -0.2) is 0 Å². The minimum Gasteiger partial charge on any atom is -0.201 e. The lowest BCUT2D eigenvalue weighted by atomic mass is 9.91. The Morgan fingerprint density at radius 1 is 0.316 bits per heavy atom. The third kappa shape index (κ3) is 15.9. The van der Waals surface area contributed by atoms with Crippen molar-refractivity contribution in [3.05, 3.63) is 210 Å². The molecule has 4 aromatic heterocycles. The topological polar surface area (TPSA) is 15.5 Å². The van der Waals surface area contributed by atoms with Crippen LogP contribution >= 0.6 is 0 Å². The second kappa shape index (κ2) is 27.6. The first-order chi connectivity index (χ1) is 47.5. The van der Waals surface area contributed by atoms with Crippen LogP contribution in [0.4, 0.5) is 0 Å². The average Bonchev–Trinajstić information content (AvgIpc) is 0.779. The second-order valence-corrected chi connectivity index (χ2v) is 21.0. The fourth-order valence-electron chi connectivity index (χ4n) is 9.39. The van der Waals surface area contributed by atoms with Gasteiger partial charge < -0.3 is 0 Å². The summed E-state index contributed by atoms with van der Waals surface area (Å²) in [6, 6.07) is 24.7. The maximum absolute atomic E-state index is 8.39. The molecule has 4 nitrogen and oxygen atoms in total. The molecule has 4 aromatic carbocycles. The molecular weight excluding hydrogens is 957 g/mol. The lowest BCUT2D eigenvalue weighted by molar-refractivity contribution is -0.661. The number of pyridine rings is 4. The Bertz CT molecular complexity index is 4500. The van der Waals surface area contributed by atoms with Crippen molar-refractivity contribution in [2.24, 2.45) is 28.2 Å². The van der Waals surface area contributed by atoms with E-state index in [1.807, 2.05) is 75.7 Å². The van der Waals surface area contributed by atoms with E-state index in [4.69, 9.17) is 38.4 Å². The summed E-state index contributed by atoms with van der Waals surface area (Å²) in [5.41, 5.74) is 17.2. The lowest BCUT2D eigenvalue weighted by Crippen LogP contribution is -2.31. The van der Waals surface area contributed by atoms with E-state index in [0.29, 0.717) is 72.3 Å². The second-order valence-electron chi connectivity index (χ2n) is 21.0. The summed E-state index contributed by atoms with van der Waals surface area (Å²) in [7, 11) is 7.22. The Labute approximate surface area is 521 Å². The third-order valence-electron chi connectivity index (χ3n) is 14.3. The highest BCUT2D eigenvalue weighted by molar-refractivity contribution is 5.67. The highest BCUT2D eigenvalue weighted by atomic mass is 14.9. The van der Waals surface area contributed by atoms with Gasteiger partial charge in [0.15, 0.2) is 24.8 Å². The molecule has 4 unspecified atom stereocenters. The quantitative estimate of drug-likeness (QED) is 0.135. The van der Waals surface area contributed by atoms with Gasteiger partial charge in [-0.3, -0.25) is 0 Å². The van der Waals surface area contributed by atoms with E-state index in [1.165, 1.54) is 27.7 Å². The van der Waals surface area contributed by atoms with Gasteiger partial charge in [-0.15, -0.1) is 0 Å². The van der Waals surface area contributed by atoms with Crippen LogP contribution in [0.15, 0.2) is 110 Å². The Morgan fingerprint density at radius 3 is 1.08 bits per heavy atom. The predicted molar refractivity (Wildman–Crippen MR) is 342 cm³/mol. The monoisotopic (exact) mass is 1090 g/mol. The van der Waals surface area contributed by atoms with Crippen molar-refractivity contribution in [1.82, 2.24) is 0 Å². The maximum Gasteiger partial charge on any atom is 0.212 e. The van der Waals surface area contributed by atoms with Crippen molar-refractivity contribution in [3.8, 4) is 45.0 Å². The van der Waals surface area contributed by atoms with Gasteiger partial charge >= 0.3 is 0 Å². The van der Waals surface area contributed by atoms with Crippen molar-refractivity contribution >= 4 is 0 Å². The first-order valence-corrected chi connectivity index (χ1v) is 26.0. The summed E-state index contributed by atoms with van der Waals surface area (Å²) in [5.74, 6) is -6.90. The third-order valence-corrected chi connectivity index (χ3v) is 14.3. The molecule has 0 N–H and O–H groups in total. The minimum atomic E-state index is -2.46. The Hall–Kier alpha value is -6.52. The highest BCUT2D eigenvalue weighted by Gasteiger charge is 2.20. The molecule has 0 saturated carbocycles. The Kier molecular flexibility index (Phi) is 12.1. The van der Waals surface area contributed by atoms with E-state index in [1.54, 1.807) is 150 Å². The number of hydrogen-bond donors (Lipinski definition) is 0. The van der Waals surface area contributed by atoms with Crippen LogP contribution in [0.5, 0.6) is 0 Å². The molecule has 0 fully saturated rings. The van der Waals surface area contributed by atoms with E-state index in [9.17, 15) is 0 Å². The molecule has 420 valence electrons. The van der Waals surface area contributed by atoms with Crippen LogP contribution in [0.1, 0.15) is 225 Å². The van der Waals surface area contributed by atoms with Crippen molar-refractivity contribution in [2.45, 2.75) is 183 Å². The predicted octanol–water partition coefficient (Wildman–Crippen LogP) is 18.2. The maximum atomic E-state index is 8.39. The number of rotatable bonds is 8. The molecule has 79 heavy (non-hydrogen) atoms. The van der Waals surface area contributed by atoms with Crippen molar-refractivity contribution in [1.29, 1.82) is 0 Å². The molecule has 0 spiro atoms. The van der Waals surface area contributed by atoms with Crippen molar-refractivity contribution in [2.75, 3.05) is 0 Å². The summed E-state index contributed by atoms with van der Waals surface area (Å²) in [6.07, 6.45) is 6.63. The van der Waals surface area contributed by atoms with Crippen LogP contribution < -0.4 is 18.3 Å². The standard InChI is InChI=1S/C20H28N.C19H26N.C18H24N.C17H22N.CH4/c1-13(2)17-8-9-20(21(7)12-17)19-11-15(5)18(14(3)4)10-16(19)6;1-12(2)17-8-15(5)18(9-14(17)4)19-10-13(3)16(6)11-20(19)7;1-12(2)16-7-8-19(6)18(11-16)17-10-14(4)13(3)9-15(17)5;1-11-7-14(4)16(8-12(11)2)17-9-13(3)15(5)10-18(17)6;/h8-14H,1-7H3;8-12H,1-7H3;7-12H,1-6H3;7-10H,1-6H3;1H4/q4*+1;/i1D3,3D3,13D,14D;1D3,6D3,12D;1D3,3D3,12D;1D3,5D3;. The summed E-state index contributed by atoms with van der Waals surface area (Å²) in [6.45, 7) is 5.26. The number of nitrogens with zero attached hydrogens (tertiary/aromatic N) is 4. The molecule has 0 aliphatic rings. The van der Waals surface area contributed by atoms with Gasteiger partial charge in [0, 0.05) is 108 Å². The minimum absolute atomic E-state index is 0. The average molecular weight is 1090 g/mol. The zero-order valence-electron chi connectivity index (χ0n) is 77.2. The molecule has 8 rings (SSSR count). The molecule has 0 radical (unpaired) electrons. The summed E-state index contributed by atoms with van der Waals surface area (Å²) >= 11 is 0. The SMILES string of the molecule is C.[2H]C([2H])([2H])C([2H])(C)c1ccc(-c2cc(C)c(C([2H])(C)C([2H])([2H])[2H])cc2C)[n+](C)c1.[2H]C([2H])([2H])c1c[n+](C)c(-c2cc(C)c(C([2H])(C)C([2H])([2H])[2H])cc2C)cc1C.[2H]C([2H])([2H])c1cc(C)c(-c2cc(C([2H])(C)C([2H])([2H])[2H])cc[n+]2C)cc1C.[2H]C([2H])([2H])c1cc(C)c(-c2cc(C)c(C([2H])([2H])[2H])c[n+]2C)cc1C. The van der Waals surface area contributed by atoms with Crippen LogP contribution in [0.2, 0.25) is 0 Å². The van der Waals surface area contributed by atoms with Gasteiger partial charge in [0.25, 0.3) is 0 Å². The van der Waals surface area contributed by atoms with Gasteiger partial charge in [0.05, 0.1) is 0 Å². The Balaban J connectivity index is 0.000000301. The van der Waals surface area contributed by atoms with Gasteiger partial charge in [-0.25, -0.2) is 18.3 Å². The zero-order valence-corrected chi connectivity index (χ0v) is 49.2. The molecule has 0 bridgehead atoms. The van der Waals surface area contributed by atoms with Gasteiger partial charge in [0.1, 0.15) is 28.2 Å². The smallest absolute Gasteiger partial charge is 0.201 e. The first kappa shape index (κ1) is 34.6. The first-order valence-electron chi connectivity index (χ1n) is 40.0. The largest absolute Gasteiger partial charge is 0.212 e. The molecular formula is C75H104N4+4. The van der Waals surface area contributed by atoms with Crippen LogP contribution in [0.3, 0.4) is 0 Å². The van der Waals surface area contributed by atoms with Crippen LogP contribution in [0.25, 0.3) is 45.0 Å².